The van der Waals surface area contributed by atoms with E-state index in [2.05, 4.69) is 29.8 Å². The lowest BCUT2D eigenvalue weighted by molar-refractivity contribution is 0.0269. The number of rotatable bonds is 8. The van der Waals surface area contributed by atoms with E-state index in [-0.39, 0.29) is 5.66 Å². The van der Waals surface area contributed by atoms with Gasteiger partial charge in [-0.1, -0.05) is 6.92 Å². The number of ether oxygens (including phenoxy) is 3. The van der Waals surface area contributed by atoms with Crippen molar-refractivity contribution >= 4 is 11.4 Å². The second-order valence-corrected chi connectivity index (χ2v) is 7.90. The molecule has 3 rings (SSSR count). The second-order valence-electron chi connectivity index (χ2n) is 7.90. The fourth-order valence-electron chi connectivity index (χ4n) is 4.28. The minimum absolute atomic E-state index is 0.292. The molecule has 3 heterocycles. The highest BCUT2D eigenvalue weighted by Gasteiger charge is 2.48. The lowest BCUT2D eigenvalue weighted by atomic mass is 9.88. The summed E-state index contributed by atoms with van der Waals surface area (Å²) in [6, 6.07) is 0.292. The standard InChI is InChI=1S/C23H36N4O3/c1-7-19(15-28-6)27-14-17(4)23(27)16-24-22(18(5)25-23)20(8-2)30-21(9-3)26-10-12-29-13-11-26/h8-9,14,19H,7,10-13,15-16H2,1-6H3/b20-8+,21-9-. The number of allylic oxidation sites excluding steroid dienone is 3. The molecule has 0 aromatic heterocycles. The molecule has 0 amide bonds. The quantitative estimate of drug-likeness (QED) is 0.568. The summed E-state index contributed by atoms with van der Waals surface area (Å²) < 4.78 is 17.2. The minimum Gasteiger partial charge on any atom is -0.440 e. The maximum absolute atomic E-state index is 6.31. The molecule has 7 nitrogen and oxygen atoms in total. The summed E-state index contributed by atoms with van der Waals surface area (Å²) in [6.07, 6.45) is 7.16. The number of hydrogen-bond acceptors (Lipinski definition) is 7. The van der Waals surface area contributed by atoms with E-state index < -0.39 is 0 Å². The summed E-state index contributed by atoms with van der Waals surface area (Å²) in [5.74, 6) is 1.59. The van der Waals surface area contributed by atoms with Crippen LogP contribution in [0.1, 0.15) is 41.0 Å². The van der Waals surface area contributed by atoms with Gasteiger partial charge in [0.05, 0.1) is 38.1 Å². The van der Waals surface area contributed by atoms with Gasteiger partial charge in [0.15, 0.2) is 17.3 Å². The Morgan fingerprint density at radius 3 is 2.53 bits per heavy atom. The number of methoxy groups -OCH3 is 1. The summed E-state index contributed by atoms with van der Waals surface area (Å²) in [5.41, 5.74) is 2.58. The minimum atomic E-state index is -0.390. The summed E-state index contributed by atoms with van der Waals surface area (Å²) in [7, 11) is 1.75. The summed E-state index contributed by atoms with van der Waals surface area (Å²) in [6.45, 7) is 14.7. The molecular formula is C23H36N4O3. The van der Waals surface area contributed by atoms with Crippen LogP contribution in [0.4, 0.5) is 0 Å². The number of aliphatic imine (C=N–C) groups is 2. The molecule has 1 fully saturated rings. The summed E-state index contributed by atoms with van der Waals surface area (Å²) >= 11 is 0. The smallest absolute Gasteiger partial charge is 0.191 e. The van der Waals surface area contributed by atoms with Crippen molar-refractivity contribution in [1.82, 2.24) is 9.80 Å². The van der Waals surface area contributed by atoms with Crippen LogP contribution in [0.5, 0.6) is 0 Å². The third-order valence-electron chi connectivity index (χ3n) is 6.05. The lowest BCUT2D eigenvalue weighted by Gasteiger charge is -2.53. The van der Waals surface area contributed by atoms with Crippen molar-refractivity contribution in [2.45, 2.75) is 52.7 Å². The van der Waals surface area contributed by atoms with E-state index in [4.69, 9.17) is 24.2 Å². The Kier molecular flexibility index (Phi) is 7.36. The van der Waals surface area contributed by atoms with Gasteiger partial charge in [-0.05, 0) is 51.8 Å². The molecule has 2 atom stereocenters. The normalized spacial score (nSPS) is 26.1. The molecule has 7 heteroatoms. The van der Waals surface area contributed by atoms with Crippen LogP contribution in [0, 0.1) is 0 Å². The molecule has 2 unspecified atom stereocenters. The lowest BCUT2D eigenvalue weighted by Crippen LogP contribution is -2.61. The molecular weight excluding hydrogens is 380 g/mol. The predicted octanol–water partition coefficient (Wildman–Crippen LogP) is 3.36. The molecule has 3 aliphatic heterocycles. The summed E-state index contributed by atoms with van der Waals surface area (Å²) in [5, 5.41) is 0. The molecule has 0 N–H and O–H groups in total. The number of hydrogen-bond donors (Lipinski definition) is 0. The molecule has 0 aliphatic carbocycles. The Bertz CT molecular complexity index is 777. The van der Waals surface area contributed by atoms with Crippen molar-refractivity contribution in [3.63, 3.8) is 0 Å². The first-order valence-corrected chi connectivity index (χ1v) is 10.9. The zero-order valence-electron chi connectivity index (χ0n) is 19.3. The van der Waals surface area contributed by atoms with E-state index >= 15 is 0 Å². The van der Waals surface area contributed by atoms with Crippen molar-refractivity contribution in [3.8, 4) is 0 Å². The van der Waals surface area contributed by atoms with Crippen LogP contribution < -0.4 is 0 Å². The average molecular weight is 417 g/mol. The van der Waals surface area contributed by atoms with Crippen molar-refractivity contribution < 1.29 is 14.2 Å². The van der Waals surface area contributed by atoms with Gasteiger partial charge in [0.25, 0.3) is 0 Å². The van der Waals surface area contributed by atoms with Crippen LogP contribution in [-0.4, -0.2) is 79.5 Å². The first-order chi connectivity index (χ1) is 14.5. The molecule has 30 heavy (non-hydrogen) atoms. The van der Waals surface area contributed by atoms with E-state index in [1.165, 1.54) is 5.57 Å². The van der Waals surface area contributed by atoms with Crippen molar-refractivity contribution in [1.29, 1.82) is 0 Å². The average Bonchev–Trinajstić information content (AvgIpc) is 2.78. The van der Waals surface area contributed by atoms with Crippen LogP contribution in [-0.2, 0) is 14.2 Å². The first kappa shape index (κ1) is 22.6. The predicted molar refractivity (Wildman–Crippen MR) is 121 cm³/mol. The second kappa shape index (κ2) is 9.79. The highest BCUT2D eigenvalue weighted by molar-refractivity contribution is 6.47. The summed E-state index contributed by atoms with van der Waals surface area (Å²) in [4.78, 5) is 14.6. The molecule has 166 valence electrons. The topological polar surface area (TPSA) is 58.9 Å². The Morgan fingerprint density at radius 1 is 1.27 bits per heavy atom. The Balaban J connectivity index is 1.78. The van der Waals surface area contributed by atoms with Crippen molar-refractivity contribution in [2.75, 3.05) is 46.6 Å². The molecule has 0 bridgehead atoms. The zero-order valence-corrected chi connectivity index (χ0v) is 19.3. The SMILES string of the molecule is C/C=C(\O/C(=C/C)C1=NCC2(N=C1C)C(C)=CN2C(CC)COC)N1CCOCC1. The third kappa shape index (κ3) is 4.18. The van der Waals surface area contributed by atoms with Crippen LogP contribution in [0.2, 0.25) is 0 Å². The van der Waals surface area contributed by atoms with Gasteiger partial charge in [-0.3, -0.25) is 9.98 Å². The van der Waals surface area contributed by atoms with Gasteiger partial charge in [0.2, 0.25) is 0 Å². The highest BCUT2D eigenvalue weighted by Crippen LogP contribution is 2.41. The molecule has 0 saturated carbocycles. The zero-order chi connectivity index (χ0) is 21.7. The van der Waals surface area contributed by atoms with E-state index in [0.717, 1.165) is 55.8 Å². The van der Waals surface area contributed by atoms with E-state index in [1.54, 1.807) is 7.11 Å². The van der Waals surface area contributed by atoms with Gasteiger partial charge in [0.1, 0.15) is 5.71 Å². The Morgan fingerprint density at radius 2 is 2.00 bits per heavy atom. The third-order valence-corrected chi connectivity index (χ3v) is 6.05. The fourth-order valence-corrected chi connectivity index (χ4v) is 4.28. The molecule has 1 spiro atoms. The monoisotopic (exact) mass is 416 g/mol. The highest BCUT2D eigenvalue weighted by atomic mass is 16.5. The van der Waals surface area contributed by atoms with Gasteiger partial charge in [0, 0.05) is 26.4 Å². The number of morpholine rings is 1. The van der Waals surface area contributed by atoms with Crippen LogP contribution >= 0.6 is 0 Å². The van der Waals surface area contributed by atoms with Gasteiger partial charge in [-0.15, -0.1) is 0 Å². The maximum Gasteiger partial charge on any atom is 0.191 e. The van der Waals surface area contributed by atoms with Crippen molar-refractivity contribution in [3.05, 3.63) is 35.6 Å². The molecule has 3 aliphatic rings. The van der Waals surface area contributed by atoms with Crippen LogP contribution in [0.15, 0.2) is 45.6 Å². The van der Waals surface area contributed by atoms with Crippen molar-refractivity contribution in [2.24, 2.45) is 9.98 Å². The van der Waals surface area contributed by atoms with E-state index in [0.29, 0.717) is 19.2 Å². The van der Waals surface area contributed by atoms with Gasteiger partial charge in [-0.25, -0.2) is 0 Å². The molecule has 0 radical (unpaired) electrons. The van der Waals surface area contributed by atoms with Crippen LogP contribution in [0.3, 0.4) is 0 Å². The van der Waals surface area contributed by atoms with Gasteiger partial charge < -0.3 is 24.0 Å². The molecule has 0 aromatic rings. The Hall–Kier alpha value is -2.12. The molecule has 1 saturated heterocycles. The fraction of sp³-hybridized carbons (Fsp3) is 0.652. The maximum atomic E-state index is 6.31. The first-order valence-electron chi connectivity index (χ1n) is 10.9. The van der Waals surface area contributed by atoms with E-state index in [9.17, 15) is 0 Å². The van der Waals surface area contributed by atoms with Crippen LogP contribution in [0.25, 0.3) is 0 Å². The number of nitrogens with zero attached hydrogens (tertiary/aromatic N) is 4. The molecule has 0 aromatic carbocycles. The Labute approximate surface area is 180 Å². The largest absolute Gasteiger partial charge is 0.440 e. The van der Waals surface area contributed by atoms with E-state index in [1.807, 2.05) is 32.9 Å². The van der Waals surface area contributed by atoms with Gasteiger partial charge in [-0.2, -0.15) is 0 Å². The van der Waals surface area contributed by atoms with Gasteiger partial charge >= 0.3 is 0 Å².